The summed E-state index contributed by atoms with van der Waals surface area (Å²) in [5, 5.41) is 1.75. The Labute approximate surface area is 112 Å². The van der Waals surface area contributed by atoms with Crippen LogP contribution in [0, 0.1) is 0 Å². The molecule has 0 radical (unpaired) electrons. The van der Waals surface area contributed by atoms with Gasteiger partial charge in [-0.2, -0.15) is 13.2 Å². The number of alkyl halides is 3. The largest absolute Gasteiger partial charge is 0.471 e. The summed E-state index contributed by atoms with van der Waals surface area (Å²) >= 11 is 0. The minimum atomic E-state index is -4.96. The zero-order valence-corrected chi connectivity index (χ0v) is 11.1. The van der Waals surface area contributed by atoms with Crippen LogP contribution in [0.4, 0.5) is 13.2 Å². The summed E-state index contributed by atoms with van der Waals surface area (Å²) in [6.45, 7) is 1.34. The third-order valence-corrected chi connectivity index (χ3v) is 3.64. The fourth-order valence-electron chi connectivity index (χ4n) is 1.28. The summed E-state index contributed by atoms with van der Waals surface area (Å²) < 4.78 is 58.1. The molecule has 1 aromatic carbocycles. The van der Waals surface area contributed by atoms with Crippen molar-refractivity contribution < 1.29 is 26.4 Å². The van der Waals surface area contributed by atoms with E-state index >= 15 is 0 Å². The maximum absolute atomic E-state index is 12.0. The van der Waals surface area contributed by atoms with Crippen LogP contribution in [0.1, 0.15) is 18.5 Å². The van der Waals surface area contributed by atoms with Crippen LogP contribution in [0.15, 0.2) is 29.2 Å². The molecule has 1 N–H and O–H groups in total. The fraction of sp³-hybridized carbons (Fsp3) is 0.300. The Balaban J connectivity index is 2.85. The number of carbonyl (C=O) groups is 1. The van der Waals surface area contributed by atoms with E-state index in [-0.39, 0.29) is 4.90 Å². The van der Waals surface area contributed by atoms with Crippen LogP contribution in [0.25, 0.3) is 0 Å². The summed E-state index contributed by atoms with van der Waals surface area (Å²) in [5.41, 5.74) is 0.321. The molecule has 1 rings (SSSR count). The van der Waals surface area contributed by atoms with Crippen molar-refractivity contribution in [1.82, 2.24) is 5.32 Å². The first kappa shape index (κ1) is 15.8. The lowest BCUT2D eigenvalue weighted by molar-refractivity contribution is -0.174. The Bertz CT molecular complexity index is 569. The van der Waals surface area contributed by atoms with Gasteiger partial charge in [-0.05, 0) is 24.6 Å². The molecule has 1 atom stereocenters. The van der Waals surface area contributed by atoms with Crippen LogP contribution in [0.3, 0.4) is 0 Å². The van der Waals surface area contributed by atoms with Crippen LogP contribution >= 0.6 is 10.7 Å². The number of hydrogen-bond donors (Lipinski definition) is 1. The molecule has 9 heteroatoms. The molecule has 0 unspecified atom stereocenters. The van der Waals surface area contributed by atoms with Gasteiger partial charge >= 0.3 is 12.1 Å². The molecule has 1 amide bonds. The monoisotopic (exact) mass is 315 g/mol. The molecule has 0 bridgehead atoms. The summed E-state index contributed by atoms with van der Waals surface area (Å²) in [6, 6.07) is 3.93. The third kappa shape index (κ3) is 4.39. The van der Waals surface area contributed by atoms with E-state index in [1.165, 1.54) is 19.1 Å². The molecule has 19 heavy (non-hydrogen) atoms. The standard InChI is InChI=1S/C10H9ClF3NO3S/c1-6(15-9(16)10(12,13)14)7-2-4-8(5-3-7)19(11,17)18/h2-6H,1H3,(H,15,16)/t6-/m0/s1. The lowest BCUT2D eigenvalue weighted by Crippen LogP contribution is -2.38. The van der Waals surface area contributed by atoms with Gasteiger partial charge in [0.05, 0.1) is 10.9 Å². The van der Waals surface area contributed by atoms with Gasteiger partial charge in [-0.1, -0.05) is 12.1 Å². The van der Waals surface area contributed by atoms with Gasteiger partial charge < -0.3 is 5.32 Å². The topological polar surface area (TPSA) is 63.2 Å². The quantitative estimate of drug-likeness (QED) is 0.871. The number of carbonyl (C=O) groups excluding carboxylic acids is 1. The van der Waals surface area contributed by atoms with Gasteiger partial charge in [0.25, 0.3) is 9.05 Å². The van der Waals surface area contributed by atoms with Gasteiger partial charge in [0, 0.05) is 10.7 Å². The number of rotatable bonds is 3. The van der Waals surface area contributed by atoms with E-state index in [1.807, 2.05) is 0 Å². The second kappa shape index (κ2) is 5.38. The molecule has 0 aromatic heterocycles. The highest BCUT2D eigenvalue weighted by Crippen LogP contribution is 2.21. The number of nitrogens with one attached hydrogen (secondary N) is 1. The first-order valence-electron chi connectivity index (χ1n) is 4.94. The van der Waals surface area contributed by atoms with Crippen LogP contribution in [-0.4, -0.2) is 20.5 Å². The molecule has 4 nitrogen and oxygen atoms in total. The van der Waals surface area contributed by atoms with Crippen molar-refractivity contribution in [2.45, 2.75) is 24.0 Å². The highest BCUT2D eigenvalue weighted by atomic mass is 35.7. The van der Waals surface area contributed by atoms with Gasteiger partial charge in [-0.3, -0.25) is 4.79 Å². The van der Waals surface area contributed by atoms with E-state index in [4.69, 9.17) is 10.7 Å². The molecule has 0 aliphatic carbocycles. The van der Waals surface area contributed by atoms with Crippen molar-refractivity contribution in [3.05, 3.63) is 29.8 Å². The molecule has 0 spiro atoms. The lowest BCUT2D eigenvalue weighted by atomic mass is 10.1. The third-order valence-electron chi connectivity index (χ3n) is 2.27. The number of hydrogen-bond acceptors (Lipinski definition) is 3. The highest BCUT2D eigenvalue weighted by molar-refractivity contribution is 8.13. The second-order valence-electron chi connectivity index (χ2n) is 3.70. The van der Waals surface area contributed by atoms with Gasteiger partial charge in [0.2, 0.25) is 0 Å². The van der Waals surface area contributed by atoms with Crippen molar-refractivity contribution in [2.75, 3.05) is 0 Å². The van der Waals surface area contributed by atoms with Gasteiger partial charge in [-0.15, -0.1) is 0 Å². The number of benzene rings is 1. The first-order chi connectivity index (χ1) is 8.51. The molecule has 0 aliphatic rings. The predicted molar refractivity (Wildman–Crippen MR) is 62.1 cm³/mol. The van der Waals surface area contributed by atoms with E-state index < -0.39 is 27.2 Å². The lowest BCUT2D eigenvalue weighted by Gasteiger charge is -2.15. The van der Waals surface area contributed by atoms with Crippen molar-refractivity contribution in [1.29, 1.82) is 0 Å². The summed E-state index contributed by atoms with van der Waals surface area (Å²) in [6.07, 6.45) is -4.96. The summed E-state index contributed by atoms with van der Waals surface area (Å²) in [5.74, 6) is -2.06. The van der Waals surface area contributed by atoms with Gasteiger partial charge in [0.15, 0.2) is 0 Å². The van der Waals surface area contributed by atoms with E-state index in [1.54, 1.807) is 5.32 Å². The Hall–Kier alpha value is -1.28. The smallest absolute Gasteiger partial charge is 0.342 e. The maximum atomic E-state index is 12.0. The van der Waals surface area contributed by atoms with Crippen molar-refractivity contribution in [2.24, 2.45) is 0 Å². The zero-order valence-electron chi connectivity index (χ0n) is 9.53. The second-order valence-corrected chi connectivity index (χ2v) is 6.27. The molecule has 1 aromatic rings. The fourth-order valence-corrected chi connectivity index (χ4v) is 2.05. The molecule has 106 valence electrons. The average molecular weight is 316 g/mol. The van der Waals surface area contributed by atoms with Crippen LogP contribution in [-0.2, 0) is 13.8 Å². The van der Waals surface area contributed by atoms with Gasteiger partial charge in [-0.25, -0.2) is 8.42 Å². The van der Waals surface area contributed by atoms with Gasteiger partial charge in [0.1, 0.15) is 0 Å². The maximum Gasteiger partial charge on any atom is 0.471 e. The Morgan fingerprint density at radius 2 is 1.74 bits per heavy atom. The zero-order chi connectivity index (χ0) is 14.8. The SMILES string of the molecule is C[C@H](NC(=O)C(F)(F)F)c1ccc(S(=O)(=O)Cl)cc1. The Morgan fingerprint density at radius 3 is 2.11 bits per heavy atom. The number of amides is 1. The minimum Gasteiger partial charge on any atom is -0.342 e. The molecular formula is C10H9ClF3NO3S. The molecule has 0 saturated carbocycles. The van der Waals surface area contributed by atoms with Crippen LogP contribution in [0.2, 0.25) is 0 Å². The summed E-state index contributed by atoms with van der Waals surface area (Å²) in [7, 11) is 1.20. The Kier molecular flexibility index (Phi) is 4.46. The van der Waals surface area contributed by atoms with Crippen LogP contribution < -0.4 is 5.32 Å². The van der Waals surface area contributed by atoms with E-state index in [9.17, 15) is 26.4 Å². The normalized spacial score (nSPS) is 13.9. The van der Waals surface area contributed by atoms with E-state index in [0.29, 0.717) is 5.56 Å². The van der Waals surface area contributed by atoms with Crippen LogP contribution in [0.5, 0.6) is 0 Å². The van der Waals surface area contributed by atoms with E-state index in [2.05, 4.69) is 0 Å². The van der Waals surface area contributed by atoms with Crippen molar-refractivity contribution in [3.8, 4) is 0 Å². The molecule has 0 aliphatic heterocycles. The molecule has 0 fully saturated rings. The highest BCUT2D eigenvalue weighted by Gasteiger charge is 2.39. The number of halogens is 4. The minimum absolute atomic E-state index is 0.174. The summed E-state index contributed by atoms with van der Waals surface area (Å²) in [4.78, 5) is 10.5. The first-order valence-corrected chi connectivity index (χ1v) is 7.25. The molecule has 0 heterocycles. The Morgan fingerprint density at radius 1 is 1.26 bits per heavy atom. The predicted octanol–water partition coefficient (Wildman–Crippen LogP) is 2.35. The van der Waals surface area contributed by atoms with E-state index in [0.717, 1.165) is 12.1 Å². The molecule has 0 saturated heterocycles. The molecular weight excluding hydrogens is 307 g/mol. The van der Waals surface area contributed by atoms with Crippen molar-refractivity contribution in [3.63, 3.8) is 0 Å². The van der Waals surface area contributed by atoms with Crippen molar-refractivity contribution >= 4 is 25.6 Å². The average Bonchev–Trinajstić information content (AvgIpc) is 2.26.